The van der Waals surface area contributed by atoms with Gasteiger partial charge in [-0.1, -0.05) is 24.0 Å². The van der Waals surface area contributed by atoms with Crippen LogP contribution in [0.25, 0.3) is 0 Å². The van der Waals surface area contributed by atoms with Crippen LogP contribution in [0, 0.1) is 29.1 Å². The van der Waals surface area contributed by atoms with Gasteiger partial charge in [0.25, 0.3) is 5.91 Å². The second-order valence-electron chi connectivity index (χ2n) is 9.32. The Hall–Kier alpha value is -4.07. The van der Waals surface area contributed by atoms with Gasteiger partial charge in [0.15, 0.2) is 0 Å². The number of aromatic amines is 1. The van der Waals surface area contributed by atoms with Gasteiger partial charge in [-0.05, 0) is 55.2 Å². The first-order chi connectivity index (χ1) is 17.6. The number of methoxy groups -OCH3 is 1. The lowest BCUT2D eigenvalue weighted by Gasteiger charge is -2.39. The van der Waals surface area contributed by atoms with Crippen LogP contribution in [-0.4, -0.2) is 59.0 Å². The fraction of sp³-hybridized carbons (Fsp3) is 0.345. The van der Waals surface area contributed by atoms with Gasteiger partial charge in [0.2, 0.25) is 0 Å². The highest BCUT2D eigenvalue weighted by molar-refractivity contribution is 5.97. The molecule has 2 aromatic carbocycles. The maximum Gasteiger partial charge on any atom is 0.255 e. The number of carbonyl (C=O) groups excluding carboxylic acids is 1. The van der Waals surface area contributed by atoms with Gasteiger partial charge in [0, 0.05) is 43.9 Å². The lowest BCUT2D eigenvalue weighted by Crippen LogP contribution is -2.50. The van der Waals surface area contributed by atoms with Gasteiger partial charge in [-0.2, -0.15) is 5.26 Å². The van der Waals surface area contributed by atoms with Gasteiger partial charge in [-0.25, -0.2) is 4.98 Å². The van der Waals surface area contributed by atoms with Gasteiger partial charge in [0.05, 0.1) is 42.4 Å². The summed E-state index contributed by atoms with van der Waals surface area (Å²) in [6.45, 7) is 2.75. The van der Waals surface area contributed by atoms with E-state index in [-0.39, 0.29) is 11.9 Å². The molecule has 0 radical (unpaired) electrons. The minimum atomic E-state index is -0.00108. The molecule has 5 rings (SSSR count). The summed E-state index contributed by atoms with van der Waals surface area (Å²) in [5.74, 6) is 7.64. The predicted molar refractivity (Wildman–Crippen MR) is 136 cm³/mol. The number of imidazole rings is 1. The van der Waals surface area contributed by atoms with Crippen LogP contribution in [0.4, 0.5) is 0 Å². The molecule has 1 N–H and O–H groups in total. The smallest absolute Gasteiger partial charge is 0.255 e. The van der Waals surface area contributed by atoms with E-state index in [0.717, 1.165) is 49.2 Å². The average Bonchev–Trinajstić information content (AvgIpc) is 3.61. The predicted octanol–water partition coefficient (Wildman–Crippen LogP) is 3.79. The van der Waals surface area contributed by atoms with Crippen molar-refractivity contribution >= 4 is 5.91 Å². The van der Waals surface area contributed by atoms with Crippen LogP contribution >= 0.6 is 0 Å². The number of amides is 1. The third-order valence-corrected chi connectivity index (χ3v) is 6.88. The minimum absolute atomic E-state index is 0.00108. The third-order valence-electron chi connectivity index (χ3n) is 6.88. The highest BCUT2D eigenvalue weighted by atomic mass is 16.5. The Balaban J connectivity index is 1.30. The number of nitriles is 1. The highest BCUT2D eigenvalue weighted by Crippen LogP contribution is 2.29. The first kappa shape index (κ1) is 23.7. The monoisotopic (exact) mass is 479 g/mol. The summed E-state index contributed by atoms with van der Waals surface area (Å²) >= 11 is 0. The summed E-state index contributed by atoms with van der Waals surface area (Å²) in [5.41, 5.74) is 4.24. The van der Waals surface area contributed by atoms with E-state index in [0.29, 0.717) is 35.9 Å². The fourth-order valence-corrected chi connectivity index (χ4v) is 4.57. The van der Waals surface area contributed by atoms with Crippen molar-refractivity contribution in [1.29, 1.82) is 5.26 Å². The molecule has 2 fully saturated rings. The largest absolute Gasteiger partial charge is 0.497 e. The topological polar surface area (TPSA) is 85.2 Å². The maximum atomic E-state index is 13.5. The number of hydrogen-bond donors (Lipinski definition) is 1. The number of H-pyrrole nitrogens is 1. The van der Waals surface area contributed by atoms with Gasteiger partial charge in [-0.3, -0.25) is 9.69 Å². The van der Waals surface area contributed by atoms with Crippen molar-refractivity contribution in [3.63, 3.8) is 0 Å². The molecule has 3 aromatic rings. The fourth-order valence-electron chi connectivity index (χ4n) is 4.57. The van der Waals surface area contributed by atoms with Gasteiger partial charge >= 0.3 is 0 Å². The van der Waals surface area contributed by atoms with E-state index in [9.17, 15) is 4.79 Å². The zero-order valence-corrected chi connectivity index (χ0v) is 20.4. The molecular weight excluding hydrogens is 450 g/mol. The molecule has 1 saturated carbocycles. The molecule has 1 saturated heterocycles. The molecule has 1 aliphatic carbocycles. The van der Waals surface area contributed by atoms with E-state index in [2.05, 4.69) is 32.8 Å². The lowest BCUT2D eigenvalue weighted by atomic mass is 10.00. The molecule has 7 heteroatoms. The maximum absolute atomic E-state index is 13.5. The molecule has 1 unspecified atom stereocenters. The summed E-state index contributed by atoms with van der Waals surface area (Å²) in [6.07, 6.45) is 6.65. The quantitative estimate of drug-likeness (QED) is 0.544. The van der Waals surface area contributed by atoms with E-state index in [1.54, 1.807) is 13.4 Å². The van der Waals surface area contributed by atoms with E-state index in [1.807, 2.05) is 53.6 Å². The number of aromatic nitrogens is 2. The first-order valence-corrected chi connectivity index (χ1v) is 12.3. The van der Waals surface area contributed by atoms with Crippen molar-refractivity contribution in [1.82, 2.24) is 19.8 Å². The number of piperazine rings is 1. The van der Waals surface area contributed by atoms with Crippen LogP contribution in [0.1, 0.15) is 51.6 Å². The van der Waals surface area contributed by atoms with Crippen molar-refractivity contribution in [2.75, 3.05) is 33.3 Å². The van der Waals surface area contributed by atoms with E-state index < -0.39 is 0 Å². The molecule has 1 aromatic heterocycles. The number of ether oxygens (including phenoxy) is 1. The number of rotatable bonds is 6. The zero-order valence-electron chi connectivity index (χ0n) is 20.4. The summed E-state index contributed by atoms with van der Waals surface area (Å²) in [7, 11) is 1.61. The van der Waals surface area contributed by atoms with Crippen molar-refractivity contribution in [3.05, 3.63) is 82.9 Å². The van der Waals surface area contributed by atoms with Crippen LogP contribution in [0.3, 0.4) is 0 Å². The van der Waals surface area contributed by atoms with Crippen molar-refractivity contribution < 1.29 is 9.53 Å². The second kappa shape index (κ2) is 10.7. The van der Waals surface area contributed by atoms with Crippen molar-refractivity contribution in [2.24, 2.45) is 5.92 Å². The Bertz CT molecular complexity index is 1300. The van der Waals surface area contributed by atoms with Crippen LogP contribution in [0.15, 0.2) is 55.0 Å². The first-order valence-electron chi connectivity index (χ1n) is 12.3. The molecule has 0 spiro atoms. The number of carbonyl (C=O) groups is 1. The van der Waals surface area contributed by atoms with Gasteiger partial charge < -0.3 is 14.6 Å². The number of benzene rings is 2. The molecule has 182 valence electrons. The Labute approximate surface area is 211 Å². The number of nitrogens with zero attached hydrogens (tertiary/aromatic N) is 4. The molecule has 0 bridgehead atoms. The molecular formula is C29H29N5O2. The Kier molecular flexibility index (Phi) is 7.02. The molecule has 7 nitrogen and oxygen atoms in total. The minimum Gasteiger partial charge on any atom is -0.497 e. The van der Waals surface area contributed by atoms with E-state index >= 15 is 0 Å². The second-order valence-corrected chi connectivity index (χ2v) is 9.32. The Morgan fingerprint density at radius 1 is 1.17 bits per heavy atom. The normalized spacial score (nSPS) is 16.5. The molecule has 36 heavy (non-hydrogen) atoms. The molecule has 1 amide bonds. The molecule has 2 aliphatic rings. The zero-order chi connectivity index (χ0) is 24.9. The van der Waals surface area contributed by atoms with Gasteiger partial charge in [-0.15, -0.1) is 0 Å². The number of nitrogens with one attached hydrogen (secondary N) is 1. The lowest BCUT2D eigenvalue weighted by molar-refractivity contribution is 0.0562. The Morgan fingerprint density at radius 2 is 1.94 bits per heavy atom. The van der Waals surface area contributed by atoms with E-state index in [4.69, 9.17) is 10.00 Å². The van der Waals surface area contributed by atoms with Crippen molar-refractivity contribution in [3.8, 4) is 23.7 Å². The van der Waals surface area contributed by atoms with E-state index in [1.165, 1.54) is 0 Å². The highest BCUT2D eigenvalue weighted by Gasteiger charge is 2.29. The summed E-state index contributed by atoms with van der Waals surface area (Å²) in [6, 6.07) is 15.6. The SMILES string of the molecule is COc1ccc(C#CC2CC2)c(C(=O)N2CCN(C(Cc3ccc(C#N)cc3)c3cnc[nH]3)CC2)c1. The molecule has 2 heterocycles. The summed E-state index contributed by atoms with van der Waals surface area (Å²) in [4.78, 5) is 25.4. The summed E-state index contributed by atoms with van der Waals surface area (Å²) < 4.78 is 5.39. The van der Waals surface area contributed by atoms with Crippen LogP contribution in [0.5, 0.6) is 5.75 Å². The summed E-state index contributed by atoms with van der Waals surface area (Å²) in [5, 5.41) is 9.10. The van der Waals surface area contributed by atoms with Crippen molar-refractivity contribution in [2.45, 2.75) is 25.3 Å². The Morgan fingerprint density at radius 3 is 2.58 bits per heavy atom. The van der Waals surface area contributed by atoms with Crippen LogP contribution in [-0.2, 0) is 6.42 Å². The average molecular weight is 480 g/mol. The molecule has 1 aliphatic heterocycles. The van der Waals surface area contributed by atoms with Gasteiger partial charge in [0.1, 0.15) is 5.75 Å². The molecule has 1 atom stereocenters. The third kappa shape index (κ3) is 5.43. The van der Waals surface area contributed by atoms with Crippen LogP contribution in [0.2, 0.25) is 0 Å². The number of hydrogen-bond acceptors (Lipinski definition) is 5. The standard InChI is InChI=1S/C29H29N5O2/c1-36-25-11-10-24(9-8-21-2-3-21)26(17-25)29(35)34-14-12-33(13-15-34)28(27-19-31-20-32-27)16-22-4-6-23(18-30)7-5-22/h4-7,10-11,17,19-21,28H,2-3,12-16H2,1H3,(H,31,32). The van der Waals surface area contributed by atoms with Crippen LogP contribution < -0.4 is 4.74 Å².